The maximum atomic E-state index is 12.8. The Bertz CT molecular complexity index is 731. The van der Waals surface area contributed by atoms with Gasteiger partial charge in [-0.25, -0.2) is 4.79 Å². The highest BCUT2D eigenvalue weighted by atomic mass is 16.5. The molecule has 1 aliphatic rings. The molecule has 2 aromatic rings. The summed E-state index contributed by atoms with van der Waals surface area (Å²) in [5.74, 6) is -0.946. The van der Waals surface area contributed by atoms with Crippen LogP contribution in [0.4, 0.5) is 0 Å². The third kappa shape index (κ3) is 2.26. The molecular weight excluding hydrogens is 284 g/mol. The van der Waals surface area contributed by atoms with Crippen LogP contribution in [0.15, 0.2) is 28.8 Å². The molecule has 3 rings (SSSR count). The van der Waals surface area contributed by atoms with Gasteiger partial charge in [0.25, 0.3) is 5.91 Å². The van der Waals surface area contributed by atoms with E-state index >= 15 is 0 Å². The largest absolute Gasteiger partial charge is 0.480 e. The third-order valence-electron chi connectivity index (χ3n) is 4.04. The van der Waals surface area contributed by atoms with E-state index in [0.717, 1.165) is 11.1 Å². The molecule has 1 aromatic heterocycles. The first-order valence-electron chi connectivity index (χ1n) is 7.02. The van der Waals surface area contributed by atoms with E-state index in [-0.39, 0.29) is 12.5 Å². The molecule has 1 atom stereocenters. The minimum absolute atomic E-state index is 0.274. The number of carbonyl (C=O) groups excluding carboxylic acids is 1. The summed E-state index contributed by atoms with van der Waals surface area (Å²) in [4.78, 5) is 25.8. The standard InChI is InChI=1S/C16H16N2O4/c1-9-14(10(2)22-17-9)15(19)18-8-12-6-4-3-5-11(12)7-13(18)16(20)21/h3-6,13H,7-8H2,1-2H3,(H,20,21). The molecule has 1 unspecified atom stereocenters. The predicted molar refractivity (Wildman–Crippen MR) is 77.4 cm³/mol. The van der Waals surface area contributed by atoms with Crippen molar-refractivity contribution in [2.45, 2.75) is 32.9 Å². The average Bonchev–Trinajstić information content (AvgIpc) is 2.84. The fourth-order valence-electron chi connectivity index (χ4n) is 2.89. The van der Waals surface area contributed by atoms with Gasteiger partial charge in [-0.15, -0.1) is 0 Å². The van der Waals surface area contributed by atoms with E-state index in [4.69, 9.17) is 4.52 Å². The predicted octanol–water partition coefficient (Wildman–Crippen LogP) is 1.94. The second-order valence-corrected chi connectivity index (χ2v) is 5.46. The van der Waals surface area contributed by atoms with Crippen LogP contribution in [0.1, 0.15) is 32.9 Å². The number of hydrogen-bond donors (Lipinski definition) is 1. The molecule has 0 saturated heterocycles. The Hall–Kier alpha value is -2.63. The molecule has 0 aliphatic carbocycles. The van der Waals surface area contributed by atoms with Crippen LogP contribution < -0.4 is 0 Å². The van der Waals surface area contributed by atoms with Crippen LogP contribution in [0.25, 0.3) is 0 Å². The Morgan fingerprint density at radius 2 is 1.95 bits per heavy atom. The van der Waals surface area contributed by atoms with E-state index < -0.39 is 12.0 Å². The van der Waals surface area contributed by atoms with Crippen LogP contribution in [-0.2, 0) is 17.8 Å². The average molecular weight is 300 g/mol. The molecule has 2 heterocycles. The highest BCUT2D eigenvalue weighted by Crippen LogP contribution is 2.26. The molecule has 114 valence electrons. The molecule has 1 N–H and O–H groups in total. The van der Waals surface area contributed by atoms with Crippen LogP contribution in [0.5, 0.6) is 0 Å². The summed E-state index contributed by atoms with van der Waals surface area (Å²) in [5, 5.41) is 13.3. The minimum Gasteiger partial charge on any atom is -0.480 e. The van der Waals surface area contributed by atoms with E-state index in [0.29, 0.717) is 23.4 Å². The lowest BCUT2D eigenvalue weighted by Crippen LogP contribution is -2.48. The summed E-state index contributed by atoms with van der Waals surface area (Å²) >= 11 is 0. The van der Waals surface area contributed by atoms with Crippen molar-refractivity contribution in [1.82, 2.24) is 10.1 Å². The fraction of sp³-hybridized carbons (Fsp3) is 0.312. The Labute approximate surface area is 127 Å². The van der Waals surface area contributed by atoms with Gasteiger partial charge in [-0.2, -0.15) is 0 Å². The Morgan fingerprint density at radius 3 is 2.55 bits per heavy atom. The molecule has 1 aromatic carbocycles. The highest BCUT2D eigenvalue weighted by Gasteiger charge is 2.36. The zero-order valence-electron chi connectivity index (χ0n) is 12.4. The van der Waals surface area contributed by atoms with E-state index in [9.17, 15) is 14.7 Å². The number of fused-ring (bicyclic) bond motifs is 1. The van der Waals surface area contributed by atoms with Gasteiger partial charge in [0, 0.05) is 13.0 Å². The number of aliphatic carboxylic acids is 1. The maximum Gasteiger partial charge on any atom is 0.326 e. The monoisotopic (exact) mass is 300 g/mol. The van der Waals surface area contributed by atoms with E-state index in [1.54, 1.807) is 13.8 Å². The van der Waals surface area contributed by atoms with Crippen molar-refractivity contribution >= 4 is 11.9 Å². The lowest BCUT2D eigenvalue weighted by Gasteiger charge is -2.34. The number of aryl methyl sites for hydroxylation is 2. The molecule has 0 radical (unpaired) electrons. The number of benzene rings is 1. The van der Waals surface area contributed by atoms with Crippen molar-refractivity contribution in [3.63, 3.8) is 0 Å². The van der Waals surface area contributed by atoms with Crippen molar-refractivity contribution in [1.29, 1.82) is 0 Å². The Balaban J connectivity index is 2.01. The Kier molecular flexibility index (Phi) is 3.44. The maximum absolute atomic E-state index is 12.8. The molecule has 0 bridgehead atoms. The smallest absolute Gasteiger partial charge is 0.326 e. The first-order chi connectivity index (χ1) is 10.5. The molecule has 1 aliphatic heterocycles. The lowest BCUT2D eigenvalue weighted by atomic mass is 9.93. The SMILES string of the molecule is Cc1noc(C)c1C(=O)N1Cc2ccccc2CC1C(=O)O. The number of hydrogen-bond acceptors (Lipinski definition) is 4. The van der Waals surface area contributed by atoms with Crippen molar-refractivity contribution < 1.29 is 19.2 Å². The summed E-state index contributed by atoms with van der Waals surface area (Å²) in [6.45, 7) is 3.61. The van der Waals surface area contributed by atoms with Gasteiger partial charge in [0.1, 0.15) is 17.4 Å². The van der Waals surface area contributed by atoms with Crippen LogP contribution in [-0.4, -0.2) is 33.1 Å². The van der Waals surface area contributed by atoms with Gasteiger partial charge < -0.3 is 14.5 Å². The van der Waals surface area contributed by atoms with E-state index in [1.165, 1.54) is 4.90 Å². The second-order valence-electron chi connectivity index (χ2n) is 5.46. The van der Waals surface area contributed by atoms with Gasteiger partial charge in [0.2, 0.25) is 0 Å². The summed E-state index contributed by atoms with van der Waals surface area (Å²) in [6, 6.07) is 6.71. The quantitative estimate of drug-likeness (QED) is 0.916. The first-order valence-corrected chi connectivity index (χ1v) is 7.02. The minimum atomic E-state index is -1.00. The third-order valence-corrected chi connectivity index (χ3v) is 4.04. The zero-order valence-corrected chi connectivity index (χ0v) is 12.4. The number of amides is 1. The van der Waals surface area contributed by atoms with Crippen LogP contribution >= 0.6 is 0 Å². The summed E-state index contributed by atoms with van der Waals surface area (Å²) < 4.78 is 5.03. The molecule has 6 nitrogen and oxygen atoms in total. The molecular formula is C16H16N2O4. The van der Waals surface area contributed by atoms with Gasteiger partial charge in [0.15, 0.2) is 0 Å². The topological polar surface area (TPSA) is 83.6 Å². The highest BCUT2D eigenvalue weighted by molar-refractivity contribution is 5.98. The molecule has 0 spiro atoms. The number of aromatic nitrogens is 1. The summed E-state index contributed by atoms with van der Waals surface area (Å²) in [7, 11) is 0. The molecule has 0 fully saturated rings. The zero-order chi connectivity index (χ0) is 15.9. The lowest BCUT2D eigenvalue weighted by molar-refractivity contribution is -0.142. The van der Waals surface area contributed by atoms with Crippen molar-refractivity contribution in [2.24, 2.45) is 0 Å². The number of carboxylic acids is 1. The van der Waals surface area contributed by atoms with Crippen LogP contribution in [0, 0.1) is 13.8 Å². The molecule has 1 amide bonds. The number of carbonyl (C=O) groups is 2. The summed E-state index contributed by atoms with van der Waals surface area (Å²) in [6.07, 6.45) is 0.306. The normalized spacial score (nSPS) is 17.2. The van der Waals surface area contributed by atoms with Crippen LogP contribution in [0.2, 0.25) is 0 Å². The van der Waals surface area contributed by atoms with Gasteiger partial charge in [-0.3, -0.25) is 4.79 Å². The first kappa shape index (κ1) is 14.3. The fourth-order valence-corrected chi connectivity index (χ4v) is 2.89. The molecule has 22 heavy (non-hydrogen) atoms. The van der Waals surface area contributed by atoms with Gasteiger partial charge >= 0.3 is 5.97 Å². The second kappa shape index (κ2) is 5.29. The van der Waals surface area contributed by atoms with E-state index in [1.807, 2.05) is 24.3 Å². The molecule has 6 heteroatoms. The number of nitrogens with zero attached hydrogens (tertiary/aromatic N) is 2. The van der Waals surface area contributed by atoms with Crippen LogP contribution in [0.3, 0.4) is 0 Å². The van der Waals surface area contributed by atoms with Gasteiger partial charge in [-0.1, -0.05) is 29.4 Å². The summed E-state index contributed by atoms with van der Waals surface area (Å²) in [5.41, 5.74) is 2.77. The van der Waals surface area contributed by atoms with Crippen molar-refractivity contribution in [3.05, 3.63) is 52.4 Å². The van der Waals surface area contributed by atoms with E-state index in [2.05, 4.69) is 5.16 Å². The van der Waals surface area contributed by atoms with Gasteiger partial charge in [0.05, 0.1) is 5.69 Å². The number of rotatable bonds is 2. The Morgan fingerprint density at radius 1 is 1.27 bits per heavy atom. The molecule has 0 saturated carbocycles. The van der Waals surface area contributed by atoms with Crippen molar-refractivity contribution in [3.8, 4) is 0 Å². The number of carboxylic acid groups (broad SMARTS) is 1. The van der Waals surface area contributed by atoms with Gasteiger partial charge in [-0.05, 0) is 25.0 Å². The van der Waals surface area contributed by atoms with Crippen molar-refractivity contribution in [2.75, 3.05) is 0 Å².